The molecule has 2 aliphatic heterocycles. The second kappa shape index (κ2) is 6.82. The number of Topliss-reactive ketones (excluding diaryl/α,β-unsaturated/α-hetero) is 1. The lowest BCUT2D eigenvalue weighted by atomic mass is 9.81. The van der Waals surface area contributed by atoms with Crippen LogP contribution in [0.3, 0.4) is 0 Å². The van der Waals surface area contributed by atoms with E-state index in [1.54, 1.807) is 6.07 Å². The number of halogens is 1. The maximum atomic E-state index is 14.2. The largest absolute Gasteiger partial charge is 0.454 e. The topological polar surface area (TPSA) is 59.3 Å². The number of nitriles is 1. The van der Waals surface area contributed by atoms with E-state index >= 15 is 0 Å². The Balaban J connectivity index is 1.49. The Hall–Kier alpha value is -2.97. The van der Waals surface area contributed by atoms with E-state index < -0.39 is 5.82 Å². The fraction of sp³-hybridized carbons (Fsp3) is 0.333. The summed E-state index contributed by atoms with van der Waals surface area (Å²) in [4.78, 5) is 13.2. The van der Waals surface area contributed by atoms with Crippen molar-refractivity contribution in [2.24, 2.45) is 11.8 Å². The van der Waals surface area contributed by atoms with Crippen LogP contribution >= 0.6 is 0 Å². The SMILES string of the molecule is CCc1ccc(Oc2ccc(C#N)cc2F)cc1C1=C[C@@H]2C3CCC(O3)[C@@H]2C1=O. The molecule has 2 unspecified atom stereocenters. The number of ketones is 1. The molecule has 29 heavy (non-hydrogen) atoms. The first kappa shape index (κ1) is 18.1. The van der Waals surface area contributed by atoms with Crippen LogP contribution in [0, 0.1) is 29.0 Å². The second-order valence-corrected chi connectivity index (χ2v) is 7.87. The van der Waals surface area contributed by atoms with Gasteiger partial charge in [-0.15, -0.1) is 0 Å². The minimum Gasteiger partial charge on any atom is -0.454 e. The van der Waals surface area contributed by atoms with Crippen LogP contribution in [0.2, 0.25) is 0 Å². The fourth-order valence-electron chi connectivity index (χ4n) is 4.91. The molecule has 5 heteroatoms. The standard InChI is InChI=1S/C24H20FNO3/c1-2-14-4-5-15(28-21-6-3-13(12-26)9-19(21)25)10-16(14)17-11-18-20-7-8-22(29-20)23(18)24(17)27/h3-6,9-11,18,20,22-23H,2,7-8H2,1H3/t18-,20?,22?,23-/m1/s1. The molecule has 2 bridgehead atoms. The van der Waals surface area contributed by atoms with Gasteiger partial charge >= 0.3 is 0 Å². The molecule has 2 aromatic rings. The molecular weight excluding hydrogens is 369 g/mol. The van der Waals surface area contributed by atoms with E-state index in [0.29, 0.717) is 5.75 Å². The average Bonchev–Trinajstić information content (AvgIpc) is 3.43. The van der Waals surface area contributed by atoms with Crippen molar-refractivity contribution in [3.05, 3.63) is 65.0 Å². The Morgan fingerprint density at radius 3 is 2.76 bits per heavy atom. The highest BCUT2D eigenvalue weighted by atomic mass is 19.1. The highest BCUT2D eigenvalue weighted by molar-refractivity contribution is 6.24. The molecule has 2 aromatic carbocycles. The summed E-state index contributed by atoms with van der Waals surface area (Å²) >= 11 is 0. The third-order valence-electron chi connectivity index (χ3n) is 6.30. The number of ether oxygens (including phenoxy) is 2. The second-order valence-electron chi connectivity index (χ2n) is 7.87. The minimum absolute atomic E-state index is 0.0449. The molecule has 0 saturated carbocycles. The Morgan fingerprint density at radius 1 is 1.21 bits per heavy atom. The van der Waals surface area contributed by atoms with Crippen molar-refractivity contribution in [3.8, 4) is 17.6 Å². The molecule has 2 saturated heterocycles. The summed E-state index contributed by atoms with van der Waals surface area (Å²) < 4.78 is 25.9. The van der Waals surface area contributed by atoms with Crippen LogP contribution in [-0.2, 0) is 16.0 Å². The van der Waals surface area contributed by atoms with E-state index in [1.165, 1.54) is 12.1 Å². The molecule has 0 amide bonds. The van der Waals surface area contributed by atoms with E-state index in [4.69, 9.17) is 14.7 Å². The molecule has 146 valence electrons. The molecule has 3 aliphatic rings. The molecule has 1 aliphatic carbocycles. The lowest BCUT2D eigenvalue weighted by molar-refractivity contribution is -0.118. The van der Waals surface area contributed by atoms with Gasteiger partial charge in [-0.25, -0.2) is 4.39 Å². The molecule has 2 fully saturated rings. The summed E-state index contributed by atoms with van der Waals surface area (Å²) in [6.07, 6.45) is 5.04. The number of fused-ring (bicyclic) bond motifs is 5. The predicted molar refractivity (Wildman–Crippen MR) is 105 cm³/mol. The van der Waals surface area contributed by atoms with Crippen molar-refractivity contribution in [1.82, 2.24) is 0 Å². The summed E-state index contributed by atoms with van der Waals surface area (Å²) in [5.41, 5.74) is 2.90. The number of carbonyl (C=O) groups is 1. The van der Waals surface area contributed by atoms with Gasteiger partial charge in [0.15, 0.2) is 17.3 Å². The first-order valence-electron chi connectivity index (χ1n) is 10.0. The normalized spacial score (nSPS) is 26.9. The van der Waals surface area contributed by atoms with Crippen molar-refractivity contribution >= 4 is 11.4 Å². The number of aryl methyl sites for hydroxylation is 1. The fourth-order valence-corrected chi connectivity index (χ4v) is 4.91. The number of allylic oxidation sites excluding steroid dienone is 1. The average molecular weight is 389 g/mol. The van der Waals surface area contributed by atoms with Gasteiger partial charge in [0.2, 0.25) is 0 Å². The van der Waals surface area contributed by atoms with Crippen LogP contribution in [0.25, 0.3) is 5.57 Å². The molecule has 0 spiro atoms. The zero-order valence-corrected chi connectivity index (χ0v) is 16.0. The summed E-state index contributed by atoms with van der Waals surface area (Å²) in [5.74, 6) is 0.179. The Labute approximate surface area is 168 Å². The summed E-state index contributed by atoms with van der Waals surface area (Å²) in [5, 5.41) is 8.89. The number of nitrogens with zero attached hydrogens (tertiary/aromatic N) is 1. The Bertz CT molecular complexity index is 1080. The minimum atomic E-state index is -0.593. The molecule has 4 nitrogen and oxygen atoms in total. The van der Waals surface area contributed by atoms with Gasteiger partial charge in [-0.2, -0.15) is 5.26 Å². The van der Waals surface area contributed by atoms with Crippen LogP contribution in [0.15, 0.2) is 42.5 Å². The van der Waals surface area contributed by atoms with E-state index in [1.807, 2.05) is 25.1 Å². The lowest BCUT2D eigenvalue weighted by Gasteiger charge is -2.18. The van der Waals surface area contributed by atoms with Crippen LogP contribution in [0.1, 0.15) is 36.5 Å². The highest BCUT2D eigenvalue weighted by Gasteiger charge is 2.55. The van der Waals surface area contributed by atoms with Gasteiger partial charge in [-0.1, -0.05) is 19.1 Å². The third kappa shape index (κ3) is 2.87. The molecule has 0 aromatic heterocycles. The Morgan fingerprint density at radius 2 is 2.03 bits per heavy atom. The summed E-state index contributed by atoms with van der Waals surface area (Å²) in [6, 6.07) is 11.6. The molecule has 4 atom stereocenters. The van der Waals surface area contributed by atoms with Crippen molar-refractivity contribution in [2.75, 3.05) is 0 Å². The smallest absolute Gasteiger partial charge is 0.169 e. The molecule has 2 heterocycles. The van der Waals surface area contributed by atoms with E-state index in [-0.39, 0.29) is 41.1 Å². The zero-order valence-electron chi connectivity index (χ0n) is 16.0. The van der Waals surface area contributed by atoms with Gasteiger partial charge in [0, 0.05) is 11.5 Å². The predicted octanol–water partition coefficient (Wildman–Crippen LogP) is 4.81. The quantitative estimate of drug-likeness (QED) is 0.753. The van der Waals surface area contributed by atoms with Crippen molar-refractivity contribution < 1.29 is 18.7 Å². The molecule has 0 N–H and O–H groups in total. The van der Waals surface area contributed by atoms with Crippen LogP contribution in [0.5, 0.6) is 11.5 Å². The number of hydrogen-bond donors (Lipinski definition) is 0. The van der Waals surface area contributed by atoms with Gasteiger partial charge in [0.05, 0.1) is 29.8 Å². The summed E-state index contributed by atoms with van der Waals surface area (Å²) in [7, 11) is 0. The van der Waals surface area contributed by atoms with Crippen molar-refractivity contribution in [3.63, 3.8) is 0 Å². The number of carbonyl (C=O) groups excluding carboxylic acids is 1. The van der Waals surface area contributed by atoms with Gasteiger partial charge in [0.1, 0.15) is 5.75 Å². The molecular formula is C24H20FNO3. The first-order valence-corrected chi connectivity index (χ1v) is 10.0. The molecule has 5 rings (SSSR count). The van der Waals surface area contributed by atoms with E-state index in [0.717, 1.165) is 42.0 Å². The van der Waals surface area contributed by atoms with Crippen LogP contribution < -0.4 is 4.74 Å². The number of benzene rings is 2. The van der Waals surface area contributed by atoms with Crippen LogP contribution in [0.4, 0.5) is 4.39 Å². The van der Waals surface area contributed by atoms with Crippen LogP contribution in [-0.4, -0.2) is 18.0 Å². The zero-order chi connectivity index (χ0) is 20.1. The Kier molecular flexibility index (Phi) is 4.25. The monoisotopic (exact) mass is 389 g/mol. The number of hydrogen-bond acceptors (Lipinski definition) is 4. The van der Waals surface area contributed by atoms with Gasteiger partial charge in [0.25, 0.3) is 0 Å². The lowest BCUT2D eigenvalue weighted by Crippen LogP contribution is -2.28. The molecule has 0 radical (unpaired) electrons. The summed E-state index contributed by atoms with van der Waals surface area (Å²) in [6.45, 7) is 2.05. The van der Waals surface area contributed by atoms with Gasteiger partial charge in [-0.05, 0) is 60.7 Å². The highest BCUT2D eigenvalue weighted by Crippen LogP contribution is 2.51. The van der Waals surface area contributed by atoms with Gasteiger partial charge < -0.3 is 9.47 Å². The van der Waals surface area contributed by atoms with Crippen molar-refractivity contribution in [2.45, 2.75) is 38.4 Å². The van der Waals surface area contributed by atoms with E-state index in [2.05, 4.69) is 6.08 Å². The maximum absolute atomic E-state index is 14.2. The van der Waals surface area contributed by atoms with Crippen molar-refractivity contribution in [1.29, 1.82) is 5.26 Å². The first-order chi connectivity index (χ1) is 14.1. The van der Waals surface area contributed by atoms with Gasteiger partial charge in [-0.3, -0.25) is 4.79 Å². The van der Waals surface area contributed by atoms with E-state index in [9.17, 15) is 9.18 Å². The number of rotatable bonds is 4. The third-order valence-corrected chi connectivity index (χ3v) is 6.30. The maximum Gasteiger partial charge on any atom is 0.169 e.